The number of aromatic amines is 1. The van der Waals surface area contributed by atoms with Crippen molar-refractivity contribution in [2.24, 2.45) is 7.05 Å². The molecular weight excluding hydrogens is 298 g/mol. The molecule has 0 radical (unpaired) electrons. The number of rotatable bonds is 5. The molecule has 1 atom stereocenters. The smallest absolute Gasteiger partial charge is 0.338 e. The van der Waals surface area contributed by atoms with E-state index in [2.05, 4.69) is 36.9 Å². The molecule has 2 aromatic rings. The largest absolute Gasteiger partial charge is 0.343 e. The van der Waals surface area contributed by atoms with Crippen LogP contribution < -0.4 is 5.69 Å². The molecule has 1 saturated heterocycles. The summed E-state index contributed by atoms with van der Waals surface area (Å²) >= 11 is 0. The maximum absolute atomic E-state index is 11.4. The van der Waals surface area contributed by atoms with Crippen molar-refractivity contribution in [2.75, 3.05) is 26.2 Å². The SMILES string of the molecule is CCc1noc([C@H](C)N2CCN(Cc3nn(C)c(=O)[nH]3)CC2)n1. The third-order valence-electron chi connectivity index (χ3n) is 4.30. The van der Waals surface area contributed by atoms with E-state index in [-0.39, 0.29) is 11.7 Å². The van der Waals surface area contributed by atoms with Crippen LogP contribution in [0.2, 0.25) is 0 Å². The molecule has 0 aliphatic carbocycles. The lowest BCUT2D eigenvalue weighted by Crippen LogP contribution is -2.46. The van der Waals surface area contributed by atoms with Crippen molar-refractivity contribution in [1.29, 1.82) is 0 Å². The molecule has 0 saturated carbocycles. The van der Waals surface area contributed by atoms with E-state index in [1.807, 2.05) is 6.92 Å². The van der Waals surface area contributed by atoms with Gasteiger partial charge in [-0.3, -0.25) is 14.8 Å². The topological polar surface area (TPSA) is 96.1 Å². The second-order valence-electron chi connectivity index (χ2n) is 5.89. The number of hydrogen-bond acceptors (Lipinski definition) is 7. The first-order valence-electron chi connectivity index (χ1n) is 7.98. The van der Waals surface area contributed by atoms with Gasteiger partial charge in [0.2, 0.25) is 5.89 Å². The van der Waals surface area contributed by atoms with Crippen LogP contribution >= 0.6 is 0 Å². The number of piperazine rings is 1. The second-order valence-corrected chi connectivity index (χ2v) is 5.89. The standard InChI is InChI=1S/C14H23N7O2/c1-4-11-15-13(23-18-11)10(2)21-7-5-20(6-8-21)9-12-16-14(22)19(3)17-12/h10H,4-9H2,1-3H3,(H,16,17,22)/t10-/m0/s1. The van der Waals surface area contributed by atoms with E-state index < -0.39 is 0 Å². The predicted molar refractivity (Wildman–Crippen MR) is 82.8 cm³/mol. The molecule has 23 heavy (non-hydrogen) atoms. The summed E-state index contributed by atoms with van der Waals surface area (Å²) in [5.74, 6) is 2.15. The number of nitrogens with one attached hydrogen (secondary N) is 1. The van der Waals surface area contributed by atoms with Crippen molar-refractivity contribution in [3.05, 3.63) is 28.0 Å². The van der Waals surface area contributed by atoms with Gasteiger partial charge in [0.25, 0.3) is 0 Å². The molecule has 9 nitrogen and oxygen atoms in total. The Morgan fingerprint density at radius 1 is 1.30 bits per heavy atom. The van der Waals surface area contributed by atoms with E-state index in [1.54, 1.807) is 7.05 Å². The van der Waals surface area contributed by atoms with Gasteiger partial charge in [0.15, 0.2) is 5.82 Å². The Morgan fingerprint density at radius 2 is 2.04 bits per heavy atom. The average Bonchev–Trinajstić information content (AvgIpc) is 3.14. The average molecular weight is 321 g/mol. The molecule has 1 N–H and O–H groups in total. The number of hydrogen-bond donors (Lipinski definition) is 1. The van der Waals surface area contributed by atoms with Gasteiger partial charge in [-0.05, 0) is 6.92 Å². The van der Waals surface area contributed by atoms with Crippen LogP contribution in [0.1, 0.15) is 37.4 Å². The van der Waals surface area contributed by atoms with Gasteiger partial charge in [-0.25, -0.2) is 9.48 Å². The van der Waals surface area contributed by atoms with Crippen LogP contribution in [-0.4, -0.2) is 60.9 Å². The number of aryl methyl sites for hydroxylation is 2. The zero-order valence-electron chi connectivity index (χ0n) is 13.8. The summed E-state index contributed by atoms with van der Waals surface area (Å²) in [5.41, 5.74) is -0.171. The zero-order valence-corrected chi connectivity index (χ0v) is 13.8. The minimum Gasteiger partial charge on any atom is -0.338 e. The van der Waals surface area contributed by atoms with Crippen LogP contribution in [0, 0.1) is 0 Å². The van der Waals surface area contributed by atoms with E-state index >= 15 is 0 Å². The van der Waals surface area contributed by atoms with Gasteiger partial charge >= 0.3 is 5.69 Å². The van der Waals surface area contributed by atoms with Crippen molar-refractivity contribution in [1.82, 2.24) is 34.7 Å². The Hall–Kier alpha value is -2.00. The monoisotopic (exact) mass is 321 g/mol. The fourth-order valence-electron chi connectivity index (χ4n) is 2.78. The highest BCUT2D eigenvalue weighted by atomic mass is 16.5. The summed E-state index contributed by atoms with van der Waals surface area (Å²) in [7, 11) is 1.65. The van der Waals surface area contributed by atoms with Gasteiger partial charge in [0.1, 0.15) is 5.82 Å². The zero-order chi connectivity index (χ0) is 16.4. The van der Waals surface area contributed by atoms with Crippen LogP contribution in [-0.2, 0) is 20.0 Å². The van der Waals surface area contributed by atoms with E-state index in [1.165, 1.54) is 4.68 Å². The quantitative estimate of drug-likeness (QED) is 0.823. The van der Waals surface area contributed by atoms with Gasteiger partial charge in [0.05, 0.1) is 12.6 Å². The lowest BCUT2D eigenvalue weighted by Gasteiger charge is -2.36. The summed E-state index contributed by atoms with van der Waals surface area (Å²) in [6.45, 7) is 8.44. The third-order valence-corrected chi connectivity index (χ3v) is 4.30. The molecule has 0 bridgehead atoms. The molecule has 0 unspecified atom stereocenters. The first kappa shape index (κ1) is 15.9. The summed E-state index contributed by atoms with van der Waals surface area (Å²) < 4.78 is 6.67. The maximum atomic E-state index is 11.4. The van der Waals surface area contributed by atoms with Gasteiger partial charge in [-0.1, -0.05) is 12.1 Å². The van der Waals surface area contributed by atoms with Crippen molar-refractivity contribution in [3.8, 4) is 0 Å². The van der Waals surface area contributed by atoms with Gasteiger partial charge in [-0.2, -0.15) is 10.1 Å². The Morgan fingerprint density at radius 3 is 2.61 bits per heavy atom. The molecule has 1 aliphatic heterocycles. The van der Waals surface area contributed by atoms with Crippen molar-refractivity contribution in [3.63, 3.8) is 0 Å². The Bertz CT molecular complexity index is 696. The second kappa shape index (κ2) is 6.63. The molecular formula is C14H23N7O2. The molecule has 3 rings (SSSR count). The number of aromatic nitrogens is 5. The molecule has 126 valence electrons. The third kappa shape index (κ3) is 3.50. The van der Waals surface area contributed by atoms with Crippen LogP contribution in [0.3, 0.4) is 0 Å². The molecule has 0 amide bonds. The molecule has 9 heteroatoms. The molecule has 0 spiro atoms. The summed E-state index contributed by atoms with van der Waals surface area (Å²) in [6.07, 6.45) is 0.784. The summed E-state index contributed by atoms with van der Waals surface area (Å²) in [5, 5.41) is 8.14. The van der Waals surface area contributed by atoms with Crippen LogP contribution in [0.5, 0.6) is 0 Å². The Kier molecular flexibility index (Phi) is 4.58. The van der Waals surface area contributed by atoms with Crippen LogP contribution in [0.25, 0.3) is 0 Å². The van der Waals surface area contributed by atoms with Crippen LogP contribution in [0.4, 0.5) is 0 Å². The summed E-state index contributed by atoms with van der Waals surface area (Å²) in [4.78, 5) is 23.2. The molecule has 2 aromatic heterocycles. The Balaban J connectivity index is 1.54. The van der Waals surface area contributed by atoms with E-state index in [0.29, 0.717) is 18.3 Å². The lowest BCUT2D eigenvalue weighted by atomic mass is 10.2. The molecule has 1 aliphatic rings. The highest BCUT2D eigenvalue weighted by Gasteiger charge is 2.26. The van der Waals surface area contributed by atoms with E-state index in [4.69, 9.17) is 4.52 Å². The highest BCUT2D eigenvalue weighted by molar-refractivity contribution is 4.93. The van der Waals surface area contributed by atoms with Crippen molar-refractivity contribution < 1.29 is 4.52 Å². The van der Waals surface area contributed by atoms with Gasteiger partial charge in [0, 0.05) is 39.6 Å². The first-order valence-corrected chi connectivity index (χ1v) is 7.98. The van der Waals surface area contributed by atoms with Gasteiger partial charge < -0.3 is 4.52 Å². The Labute approximate surface area is 134 Å². The van der Waals surface area contributed by atoms with Crippen molar-refractivity contribution >= 4 is 0 Å². The fourth-order valence-corrected chi connectivity index (χ4v) is 2.78. The molecule has 0 aromatic carbocycles. The van der Waals surface area contributed by atoms with E-state index in [9.17, 15) is 4.79 Å². The first-order chi connectivity index (χ1) is 11.1. The van der Waals surface area contributed by atoms with E-state index in [0.717, 1.165) is 38.4 Å². The van der Waals surface area contributed by atoms with Gasteiger partial charge in [-0.15, -0.1) is 0 Å². The molecule has 1 fully saturated rings. The van der Waals surface area contributed by atoms with Crippen LogP contribution in [0.15, 0.2) is 9.32 Å². The summed E-state index contributed by atoms with van der Waals surface area (Å²) in [6, 6.07) is 0.125. The maximum Gasteiger partial charge on any atom is 0.343 e. The lowest BCUT2D eigenvalue weighted by molar-refractivity contribution is 0.0831. The fraction of sp³-hybridized carbons (Fsp3) is 0.714. The van der Waals surface area contributed by atoms with Crippen molar-refractivity contribution in [2.45, 2.75) is 32.9 Å². The number of H-pyrrole nitrogens is 1. The normalized spacial score (nSPS) is 18.4. The minimum atomic E-state index is -0.171. The molecule has 3 heterocycles. The predicted octanol–water partition coefficient (Wildman–Crippen LogP) is -0.0674. The highest BCUT2D eigenvalue weighted by Crippen LogP contribution is 2.20. The minimum absolute atomic E-state index is 0.125. The number of nitrogens with zero attached hydrogens (tertiary/aromatic N) is 6.